The molecule has 0 atom stereocenters. The van der Waals surface area contributed by atoms with E-state index in [0.717, 1.165) is 11.4 Å². The number of imidazole rings is 1. The topological polar surface area (TPSA) is 74.0 Å². The van der Waals surface area contributed by atoms with Gasteiger partial charge >= 0.3 is 0 Å². The number of ether oxygens (including phenoxy) is 1. The highest BCUT2D eigenvalue weighted by Crippen LogP contribution is 2.26. The number of aryl methyl sites for hydroxylation is 1. The fraction of sp³-hybridized carbons (Fsp3) is 0.136. The first kappa shape index (κ1) is 21.0. The van der Waals surface area contributed by atoms with Crippen LogP contribution < -0.4 is 10.1 Å². The van der Waals surface area contributed by atoms with Crippen LogP contribution in [-0.4, -0.2) is 25.2 Å². The van der Waals surface area contributed by atoms with E-state index in [0.29, 0.717) is 40.3 Å². The van der Waals surface area contributed by atoms with Crippen molar-refractivity contribution in [2.45, 2.75) is 13.2 Å². The number of nitrogens with zero attached hydrogens (tertiary/aromatic N) is 4. The highest BCUT2D eigenvalue weighted by Gasteiger charge is 2.12. The zero-order valence-electron chi connectivity index (χ0n) is 16.6. The summed E-state index contributed by atoms with van der Waals surface area (Å²) in [6, 6.07) is 14.1. The minimum absolute atomic E-state index is 0.255. The summed E-state index contributed by atoms with van der Waals surface area (Å²) in [6.07, 6.45) is 5.19. The molecular formula is C22H19Cl2N5O2. The number of nitrogens with one attached hydrogen (secondary N) is 1. The van der Waals surface area contributed by atoms with E-state index in [-0.39, 0.29) is 5.91 Å². The number of amides is 1. The van der Waals surface area contributed by atoms with Gasteiger partial charge in [0, 0.05) is 31.1 Å². The van der Waals surface area contributed by atoms with Crippen molar-refractivity contribution in [2.24, 2.45) is 7.05 Å². The van der Waals surface area contributed by atoms with Gasteiger partial charge in [-0.3, -0.25) is 4.79 Å². The summed E-state index contributed by atoms with van der Waals surface area (Å²) in [6.45, 7) is 0.724. The molecule has 1 amide bonds. The summed E-state index contributed by atoms with van der Waals surface area (Å²) in [5.41, 5.74) is 1.31. The van der Waals surface area contributed by atoms with Gasteiger partial charge in [-0.25, -0.2) is 9.67 Å². The molecule has 0 aliphatic rings. The third kappa shape index (κ3) is 4.90. The predicted molar refractivity (Wildman–Crippen MR) is 120 cm³/mol. The van der Waals surface area contributed by atoms with E-state index in [2.05, 4.69) is 15.4 Å². The van der Waals surface area contributed by atoms with Crippen molar-refractivity contribution in [1.82, 2.24) is 19.3 Å². The molecule has 0 spiro atoms. The van der Waals surface area contributed by atoms with Gasteiger partial charge in [0.25, 0.3) is 5.91 Å². The fourth-order valence-corrected chi connectivity index (χ4v) is 3.35. The molecule has 0 saturated heterocycles. The van der Waals surface area contributed by atoms with E-state index in [4.69, 9.17) is 27.9 Å². The first-order valence-electron chi connectivity index (χ1n) is 9.46. The highest BCUT2D eigenvalue weighted by atomic mass is 35.5. The lowest BCUT2D eigenvalue weighted by molar-refractivity contribution is 0.102. The molecule has 4 aromatic rings. The predicted octanol–water partition coefficient (Wildman–Crippen LogP) is 4.80. The van der Waals surface area contributed by atoms with Crippen molar-refractivity contribution >= 4 is 34.9 Å². The molecule has 0 aliphatic heterocycles. The maximum atomic E-state index is 12.7. The summed E-state index contributed by atoms with van der Waals surface area (Å²) in [4.78, 5) is 16.9. The maximum Gasteiger partial charge on any atom is 0.256 e. The third-order valence-corrected chi connectivity index (χ3v) is 5.57. The Morgan fingerprint density at radius 1 is 1.10 bits per heavy atom. The molecule has 2 aromatic carbocycles. The number of carbonyl (C=O) groups is 1. The summed E-state index contributed by atoms with van der Waals surface area (Å²) < 4.78 is 9.27. The number of benzene rings is 2. The Hall–Kier alpha value is -3.29. The van der Waals surface area contributed by atoms with Gasteiger partial charge in [-0.2, -0.15) is 5.10 Å². The maximum absolute atomic E-state index is 12.7. The smallest absolute Gasteiger partial charge is 0.256 e. The highest BCUT2D eigenvalue weighted by molar-refractivity contribution is 6.42. The standard InChI is InChI=1S/C22H19Cl2N5O2/c1-28-12-11-25-20(28)14-31-17-7-5-15(6-8-17)22(30)27-19-9-10-26-29(19)13-16-3-2-4-18(23)21(16)24/h2-12H,13-14H2,1H3,(H,27,30). The normalized spacial score (nSPS) is 10.8. The van der Waals surface area contributed by atoms with Crippen molar-refractivity contribution in [3.63, 3.8) is 0 Å². The van der Waals surface area contributed by atoms with Gasteiger partial charge in [-0.15, -0.1) is 0 Å². The second-order valence-electron chi connectivity index (χ2n) is 6.81. The van der Waals surface area contributed by atoms with Crippen LogP contribution in [0.1, 0.15) is 21.7 Å². The summed E-state index contributed by atoms with van der Waals surface area (Å²) in [7, 11) is 1.91. The minimum Gasteiger partial charge on any atom is -0.486 e. The van der Waals surface area contributed by atoms with Crippen LogP contribution in [0.3, 0.4) is 0 Å². The van der Waals surface area contributed by atoms with E-state index >= 15 is 0 Å². The Morgan fingerprint density at radius 2 is 1.90 bits per heavy atom. The molecule has 0 radical (unpaired) electrons. The van der Waals surface area contributed by atoms with Gasteiger partial charge in [0.2, 0.25) is 0 Å². The number of hydrogen-bond donors (Lipinski definition) is 1. The van der Waals surface area contributed by atoms with Gasteiger partial charge in [-0.1, -0.05) is 35.3 Å². The van der Waals surface area contributed by atoms with Crippen LogP contribution in [0.4, 0.5) is 5.82 Å². The van der Waals surface area contributed by atoms with Gasteiger partial charge in [-0.05, 0) is 35.9 Å². The second-order valence-corrected chi connectivity index (χ2v) is 7.59. The average molecular weight is 456 g/mol. The van der Waals surface area contributed by atoms with Crippen LogP contribution in [0, 0.1) is 0 Å². The number of rotatable bonds is 7. The first-order valence-corrected chi connectivity index (χ1v) is 10.2. The zero-order chi connectivity index (χ0) is 21.8. The van der Waals surface area contributed by atoms with Crippen LogP contribution in [0.5, 0.6) is 5.75 Å². The Morgan fingerprint density at radius 3 is 2.65 bits per heavy atom. The molecule has 0 saturated carbocycles. The van der Waals surface area contributed by atoms with Crippen molar-refractivity contribution in [2.75, 3.05) is 5.32 Å². The van der Waals surface area contributed by atoms with E-state index in [1.54, 1.807) is 53.5 Å². The third-order valence-electron chi connectivity index (χ3n) is 4.72. The van der Waals surface area contributed by atoms with Gasteiger partial charge in [0.1, 0.15) is 24.0 Å². The second kappa shape index (κ2) is 9.24. The molecule has 4 rings (SSSR count). The average Bonchev–Trinajstić information content (AvgIpc) is 3.38. The molecule has 2 aromatic heterocycles. The van der Waals surface area contributed by atoms with Crippen LogP contribution in [-0.2, 0) is 20.2 Å². The molecular weight excluding hydrogens is 437 g/mol. The molecule has 7 nitrogen and oxygen atoms in total. The molecule has 31 heavy (non-hydrogen) atoms. The monoisotopic (exact) mass is 455 g/mol. The SMILES string of the molecule is Cn1ccnc1COc1ccc(C(=O)Nc2ccnn2Cc2cccc(Cl)c2Cl)cc1. The number of carbonyl (C=O) groups excluding carboxylic acids is 1. The summed E-state index contributed by atoms with van der Waals surface area (Å²) in [5, 5.41) is 8.09. The Kier molecular flexibility index (Phi) is 6.25. The lowest BCUT2D eigenvalue weighted by Gasteiger charge is -2.11. The van der Waals surface area contributed by atoms with E-state index in [1.807, 2.05) is 29.9 Å². The molecule has 0 fully saturated rings. The molecule has 0 bridgehead atoms. The van der Waals surface area contributed by atoms with Crippen LogP contribution in [0.15, 0.2) is 67.1 Å². The lowest BCUT2D eigenvalue weighted by atomic mass is 10.2. The van der Waals surface area contributed by atoms with Crippen molar-refractivity contribution in [3.8, 4) is 5.75 Å². The van der Waals surface area contributed by atoms with Crippen LogP contribution in [0.25, 0.3) is 0 Å². The molecule has 2 heterocycles. The van der Waals surface area contributed by atoms with E-state index in [1.165, 1.54) is 0 Å². The molecule has 0 aliphatic carbocycles. The van der Waals surface area contributed by atoms with Crippen molar-refractivity contribution in [3.05, 3.63) is 94.1 Å². The largest absolute Gasteiger partial charge is 0.486 e. The Bertz CT molecular complexity index is 1200. The number of aromatic nitrogens is 4. The quantitative estimate of drug-likeness (QED) is 0.434. The molecule has 0 unspecified atom stereocenters. The zero-order valence-corrected chi connectivity index (χ0v) is 18.1. The molecule has 1 N–H and O–H groups in total. The first-order chi connectivity index (χ1) is 15.0. The van der Waals surface area contributed by atoms with Gasteiger partial charge in [0.15, 0.2) is 0 Å². The Balaban J connectivity index is 1.40. The van der Waals surface area contributed by atoms with Crippen molar-refractivity contribution in [1.29, 1.82) is 0 Å². The van der Waals surface area contributed by atoms with E-state index in [9.17, 15) is 4.79 Å². The minimum atomic E-state index is -0.255. The fourth-order valence-electron chi connectivity index (χ4n) is 2.97. The number of halogens is 2. The van der Waals surface area contributed by atoms with Crippen LogP contribution >= 0.6 is 23.2 Å². The van der Waals surface area contributed by atoms with Crippen LogP contribution in [0.2, 0.25) is 10.0 Å². The number of hydrogen-bond acceptors (Lipinski definition) is 4. The van der Waals surface area contributed by atoms with Gasteiger partial charge < -0.3 is 14.6 Å². The lowest BCUT2D eigenvalue weighted by Crippen LogP contribution is -2.16. The van der Waals surface area contributed by atoms with Crippen molar-refractivity contribution < 1.29 is 9.53 Å². The Labute approximate surface area is 189 Å². The number of anilines is 1. The summed E-state index contributed by atoms with van der Waals surface area (Å²) >= 11 is 12.4. The summed E-state index contributed by atoms with van der Waals surface area (Å²) in [5.74, 6) is 1.76. The van der Waals surface area contributed by atoms with E-state index < -0.39 is 0 Å². The molecule has 9 heteroatoms. The van der Waals surface area contributed by atoms with Gasteiger partial charge in [0.05, 0.1) is 22.8 Å². The molecule has 158 valence electrons.